The zero-order chi connectivity index (χ0) is 9.14. The highest BCUT2D eigenvalue weighted by molar-refractivity contribution is 5.61. The molecule has 0 aromatic heterocycles. The standard InChI is InChI=1S/C12H14/c1-5-11-7-9(3)12(6-2)10(4)8-11/h5-8H,1-2H2,3-4H3. The van der Waals surface area contributed by atoms with Crippen molar-refractivity contribution in [3.8, 4) is 0 Å². The van der Waals surface area contributed by atoms with Crippen molar-refractivity contribution in [3.63, 3.8) is 0 Å². The summed E-state index contributed by atoms with van der Waals surface area (Å²) in [5, 5.41) is 0. The molecule has 0 atom stereocenters. The van der Waals surface area contributed by atoms with Gasteiger partial charge in [-0.25, -0.2) is 0 Å². The van der Waals surface area contributed by atoms with Gasteiger partial charge in [-0.15, -0.1) is 0 Å². The van der Waals surface area contributed by atoms with Crippen molar-refractivity contribution < 1.29 is 0 Å². The Morgan fingerprint density at radius 2 is 1.50 bits per heavy atom. The van der Waals surface area contributed by atoms with Gasteiger partial charge in [0.2, 0.25) is 0 Å². The van der Waals surface area contributed by atoms with Gasteiger partial charge < -0.3 is 0 Å². The van der Waals surface area contributed by atoms with Crippen LogP contribution in [0.1, 0.15) is 22.3 Å². The molecule has 0 heterocycles. The van der Waals surface area contributed by atoms with Gasteiger partial charge in [0.05, 0.1) is 0 Å². The first-order chi connectivity index (χ1) is 5.69. The van der Waals surface area contributed by atoms with Crippen molar-refractivity contribution >= 4 is 12.2 Å². The van der Waals surface area contributed by atoms with Crippen molar-refractivity contribution in [2.75, 3.05) is 0 Å². The highest BCUT2D eigenvalue weighted by atomic mass is 14.0. The maximum atomic E-state index is 3.78. The molecule has 0 aliphatic carbocycles. The summed E-state index contributed by atoms with van der Waals surface area (Å²) in [7, 11) is 0. The molecule has 0 radical (unpaired) electrons. The fourth-order valence-electron chi connectivity index (χ4n) is 1.45. The topological polar surface area (TPSA) is 0 Å². The molecule has 0 N–H and O–H groups in total. The summed E-state index contributed by atoms with van der Waals surface area (Å²) in [6, 6.07) is 4.24. The molecule has 0 aliphatic heterocycles. The predicted molar refractivity (Wildman–Crippen MR) is 56.1 cm³/mol. The minimum absolute atomic E-state index is 1.18. The third kappa shape index (κ3) is 1.48. The molecule has 12 heavy (non-hydrogen) atoms. The zero-order valence-corrected chi connectivity index (χ0v) is 7.72. The van der Waals surface area contributed by atoms with E-state index in [4.69, 9.17) is 0 Å². The fraction of sp³-hybridized carbons (Fsp3) is 0.167. The van der Waals surface area contributed by atoms with Crippen LogP contribution >= 0.6 is 0 Å². The Kier molecular flexibility index (Phi) is 2.49. The number of rotatable bonds is 2. The Morgan fingerprint density at radius 1 is 1.00 bits per heavy atom. The largest absolute Gasteiger partial charge is 0.0985 e. The van der Waals surface area contributed by atoms with Gasteiger partial charge in [0.15, 0.2) is 0 Å². The average molecular weight is 158 g/mol. The van der Waals surface area contributed by atoms with E-state index in [9.17, 15) is 0 Å². The van der Waals surface area contributed by atoms with Crippen LogP contribution in [0.4, 0.5) is 0 Å². The van der Waals surface area contributed by atoms with E-state index in [-0.39, 0.29) is 0 Å². The summed E-state index contributed by atoms with van der Waals surface area (Å²) in [5.74, 6) is 0. The Hall–Kier alpha value is -1.30. The van der Waals surface area contributed by atoms with Gasteiger partial charge in [-0.1, -0.05) is 37.4 Å². The first-order valence-electron chi connectivity index (χ1n) is 4.05. The summed E-state index contributed by atoms with van der Waals surface area (Å²) in [5.41, 5.74) is 4.94. The van der Waals surface area contributed by atoms with E-state index in [0.717, 1.165) is 0 Å². The Bertz CT molecular complexity index is 296. The minimum atomic E-state index is 1.18. The third-order valence-corrected chi connectivity index (χ3v) is 2.06. The second kappa shape index (κ2) is 3.40. The summed E-state index contributed by atoms with van der Waals surface area (Å²) >= 11 is 0. The zero-order valence-electron chi connectivity index (χ0n) is 7.72. The third-order valence-electron chi connectivity index (χ3n) is 2.06. The van der Waals surface area contributed by atoms with E-state index in [0.29, 0.717) is 0 Å². The van der Waals surface area contributed by atoms with E-state index >= 15 is 0 Å². The van der Waals surface area contributed by atoms with Crippen LogP contribution in [0.3, 0.4) is 0 Å². The van der Waals surface area contributed by atoms with Crippen LogP contribution in [-0.4, -0.2) is 0 Å². The molecule has 1 aromatic rings. The first kappa shape index (κ1) is 8.79. The van der Waals surface area contributed by atoms with Gasteiger partial charge in [-0.05, 0) is 36.1 Å². The van der Waals surface area contributed by atoms with E-state index in [1.54, 1.807) is 0 Å². The molecule has 0 bridgehead atoms. The normalized spacial score (nSPS) is 9.50. The molecule has 0 amide bonds. The van der Waals surface area contributed by atoms with E-state index < -0.39 is 0 Å². The molecular formula is C12H14. The second-order valence-corrected chi connectivity index (χ2v) is 2.98. The monoisotopic (exact) mass is 158 g/mol. The molecule has 0 unspecified atom stereocenters. The quantitative estimate of drug-likeness (QED) is 0.617. The van der Waals surface area contributed by atoms with E-state index in [2.05, 4.69) is 39.1 Å². The second-order valence-electron chi connectivity index (χ2n) is 2.98. The molecule has 0 saturated heterocycles. The number of benzene rings is 1. The molecule has 0 nitrogen and oxygen atoms in total. The van der Waals surface area contributed by atoms with Crippen molar-refractivity contribution in [3.05, 3.63) is 47.5 Å². The summed E-state index contributed by atoms with van der Waals surface area (Å²) in [6.45, 7) is 11.7. The molecule has 62 valence electrons. The average Bonchev–Trinajstić information content (AvgIpc) is 2.03. The molecule has 1 rings (SSSR count). The predicted octanol–water partition coefficient (Wildman–Crippen LogP) is 3.59. The van der Waals surface area contributed by atoms with Crippen LogP contribution in [0.2, 0.25) is 0 Å². The molecule has 0 spiro atoms. The summed E-state index contributed by atoms with van der Waals surface area (Å²) < 4.78 is 0. The van der Waals surface area contributed by atoms with Gasteiger partial charge in [0.1, 0.15) is 0 Å². The number of hydrogen-bond donors (Lipinski definition) is 0. The van der Waals surface area contributed by atoms with Crippen molar-refractivity contribution in [1.29, 1.82) is 0 Å². The Morgan fingerprint density at radius 3 is 1.83 bits per heavy atom. The molecular weight excluding hydrogens is 144 g/mol. The summed E-state index contributed by atoms with van der Waals surface area (Å²) in [4.78, 5) is 0. The van der Waals surface area contributed by atoms with Gasteiger partial charge in [-0.3, -0.25) is 0 Å². The van der Waals surface area contributed by atoms with E-state index in [1.807, 2.05) is 12.2 Å². The fourth-order valence-corrected chi connectivity index (χ4v) is 1.45. The number of aryl methyl sites for hydroxylation is 2. The molecule has 0 saturated carbocycles. The van der Waals surface area contributed by atoms with Crippen LogP contribution in [-0.2, 0) is 0 Å². The van der Waals surface area contributed by atoms with Gasteiger partial charge in [-0.2, -0.15) is 0 Å². The Balaban J connectivity index is 3.36. The lowest BCUT2D eigenvalue weighted by atomic mass is 9.99. The van der Waals surface area contributed by atoms with Crippen molar-refractivity contribution in [2.45, 2.75) is 13.8 Å². The van der Waals surface area contributed by atoms with Crippen molar-refractivity contribution in [2.24, 2.45) is 0 Å². The van der Waals surface area contributed by atoms with E-state index in [1.165, 1.54) is 22.3 Å². The van der Waals surface area contributed by atoms with Crippen molar-refractivity contribution in [1.82, 2.24) is 0 Å². The molecule has 1 aromatic carbocycles. The lowest BCUT2D eigenvalue weighted by Gasteiger charge is -2.06. The van der Waals surface area contributed by atoms with Crippen LogP contribution in [0.15, 0.2) is 25.3 Å². The maximum Gasteiger partial charge on any atom is -0.0203 e. The molecule has 0 heteroatoms. The lowest BCUT2D eigenvalue weighted by Crippen LogP contribution is -1.87. The highest BCUT2D eigenvalue weighted by Gasteiger charge is 1.98. The SMILES string of the molecule is C=Cc1cc(C)c(C=C)c(C)c1. The summed E-state index contributed by atoms with van der Waals surface area (Å²) in [6.07, 6.45) is 3.77. The Labute approximate surface area is 74.2 Å². The van der Waals surface area contributed by atoms with Gasteiger partial charge >= 0.3 is 0 Å². The van der Waals surface area contributed by atoms with Gasteiger partial charge in [0, 0.05) is 0 Å². The molecule has 0 fully saturated rings. The lowest BCUT2D eigenvalue weighted by molar-refractivity contribution is 1.35. The van der Waals surface area contributed by atoms with Crippen LogP contribution < -0.4 is 0 Å². The van der Waals surface area contributed by atoms with Crippen LogP contribution in [0.5, 0.6) is 0 Å². The maximum absolute atomic E-state index is 3.78. The molecule has 0 aliphatic rings. The van der Waals surface area contributed by atoms with Gasteiger partial charge in [0.25, 0.3) is 0 Å². The highest BCUT2D eigenvalue weighted by Crippen LogP contribution is 2.18. The smallest absolute Gasteiger partial charge is 0.0203 e. The van der Waals surface area contributed by atoms with Crippen LogP contribution in [0.25, 0.3) is 12.2 Å². The number of hydrogen-bond acceptors (Lipinski definition) is 0. The minimum Gasteiger partial charge on any atom is -0.0985 e. The van der Waals surface area contributed by atoms with Crippen LogP contribution in [0, 0.1) is 13.8 Å². The first-order valence-corrected chi connectivity index (χ1v) is 4.05.